The maximum Gasteiger partial charge on any atom is 0.633 e. The summed E-state index contributed by atoms with van der Waals surface area (Å²) >= 11 is 0. The number of nitrogens with one attached hydrogen (secondary N) is 1. The lowest BCUT2D eigenvalue weighted by Gasteiger charge is -2.21. The summed E-state index contributed by atoms with van der Waals surface area (Å²) in [5.41, 5.74) is 4.16. The normalized spacial score (nSPS) is 18.7. The Morgan fingerprint density at radius 1 is 0.737 bits per heavy atom. The summed E-state index contributed by atoms with van der Waals surface area (Å²) in [6, 6.07) is 34.0. The molecule has 38 heavy (non-hydrogen) atoms. The van der Waals surface area contributed by atoms with Gasteiger partial charge in [-0.2, -0.15) is 0 Å². The molecule has 5 heteroatoms. The lowest BCUT2D eigenvalue weighted by molar-refractivity contribution is 0.101. The minimum absolute atomic E-state index is 0.197. The molecule has 0 spiro atoms. The number of ether oxygens (including phenoxy) is 1. The van der Waals surface area contributed by atoms with Crippen LogP contribution in [0.4, 0.5) is 0 Å². The SMILES string of the molecule is CC(C)C[C@H]1CO[C@H](c2ccccc2B2Oc3ccc4ccccc4c3-c3c(ccc4ccccc34)O2)N1. The highest BCUT2D eigenvalue weighted by Crippen LogP contribution is 2.47. The van der Waals surface area contributed by atoms with Gasteiger partial charge in [-0.25, -0.2) is 0 Å². The van der Waals surface area contributed by atoms with E-state index in [9.17, 15) is 0 Å². The Kier molecular flexibility index (Phi) is 5.83. The van der Waals surface area contributed by atoms with Crippen LogP contribution in [0, 0.1) is 5.92 Å². The maximum absolute atomic E-state index is 6.77. The first-order valence-electron chi connectivity index (χ1n) is 13.5. The third-order valence-electron chi connectivity index (χ3n) is 7.64. The predicted molar refractivity (Wildman–Crippen MR) is 155 cm³/mol. The smallest absolute Gasteiger partial charge is 0.521 e. The molecule has 2 heterocycles. The van der Waals surface area contributed by atoms with Gasteiger partial charge in [-0.15, -0.1) is 0 Å². The first kappa shape index (κ1) is 23.3. The fourth-order valence-electron chi connectivity index (χ4n) is 5.97. The van der Waals surface area contributed by atoms with E-state index in [2.05, 4.69) is 110 Å². The molecule has 0 aromatic heterocycles. The minimum atomic E-state index is -0.622. The molecule has 2 atom stereocenters. The van der Waals surface area contributed by atoms with Gasteiger partial charge in [0.2, 0.25) is 0 Å². The second-order valence-electron chi connectivity index (χ2n) is 10.7. The molecule has 2 aliphatic rings. The van der Waals surface area contributed by atoms with Crippen LogP contribution in [0.3, 0.4) is 0 Å². The van der Waals surface area contributed by atoms with Crippen molar-refractivity contribution < 1.29 is 14.0 Å². The molecular formula is C33H30BNO3. The fraction of sp³-hybridized carbons (Fsp3) is 0.212. The van der Waals surface area contributed by atoms with Gasteiger partial charge in [0.25, 0.3) is 0 Å². The van der Waals surface area contributed by atoms with Crippen LogP contribution in [0.5, 0.6) is 11.5 Å². The highest BCUT2D eigenvalue weighted by Gasteiger charge is 2.38. The molecular weight excluding hydrogens is 469 g/mol. The van der Waals surface area contributed by atoms with Crippen LogP contribution in [-0.2, 0) is 4.74 Å². The Labute approximate surface area is 223 Å². The monoisotopic (exact) mass is 499 g/mol. The molecule has 0 radical (unpaired) electrons. The summed E-state index contributed by atoms with van der Waals surface area (Å²) < 4.78 is 19.8. The highest BCUT2D eigenvalue weighted by molar-refractivity contribution is 6.63. The van der Waals surface area contributed by atoms with Gasteiger partial charge in [0, 0.05) is 22.6 Å². The van der Waals surface area contributed by atoms with Crippen molar-refractivity contribution in [3.63, 3.8) is 0 Å². The molecule has 1 fully saturated rings. The first-order chi connectivity index (χ1) is 18.7. The van der Waals surface area contributed by atoms with Crippen molar-refractivity contribution in [1.82, 2.24) is 5.32 Å². The zero-order chi connectivity index (χ0) is 25.6. The molecule has 2 aliphatic heterocycles. The van der Waals surface area contributed by atoms with Crippen molar-refractivity contribution in [3.05, 3.63) is 103 Å². The maximum atomic E-state index is 6.77. The summed E-state index contributed by atoms with van der Waals surface area (Å²) in [4.78, 5) is 0. The zero-order valence-corrected chi connectivity index (χ0v) is 21.7. The van der Waals surface area contributed by atoms with E-state index in [0.29, 0.717) is 18.6 Å². The van der Waals surface area contributed by atoms with E-state index in [1.54, 1.807) is 0 Å². The van der Waals surface area contributed by atoms with Gasteiger partial charge >= 0.3 is 7.12 Å². The Bertz CT molecular complexity index is 1560. The van der Waals surface area contributed by atoms with Crippen LogP contribution in [-0.4, -0.2) is 19.8 Å². The van der Waals surface area contributed by atoms with Gasteiger partial charge in [0.05, 0.1) is 6.61 Å². The number of hydrogen-bond acceptors (Lipinski definition) is 4. The topological polar surface area (TPSA) is 39.7 Å². The molecule has 0 saturated carbocycles. The summed E-state index contributed by atoms with van der Waals surface area (Å²) in [6.45, 7) is 5.20. The molecule has 5 aromatic rings. The molecule has 7 rings (SSSR count). The van der Waals surface area contributed by atoms with Crippen LogP contribution in [0.15, 0.2) is 97.1 Å². The molecule has 1 saturated heterocycles. The molecule has 188 valence electrons. The van der Waals surface area contributed by atoms with E-state index in [4.69, 9.17) is 14.0 Å². The van der Waals surface area contributed by atoms with Crippen molar-refractivity contribution in [2.24, 2.45) is 5.92 Å². The van der Waals surface area contributed by atoms with Crippen molar-refractivity contribution in [2.45, 2.75) is 32.5 Å². The van der Waals surface area contributed by atoms with Crippen molar-refractivity contribution in [1.29, 1.82) is 0 Å². The molecule has 0 unspecified atom stereocenters. The molecule has 1 N–H and O–H groups in total. The van der Waals surface area contributed by atoms with Crippen molar-refractivity contribution in [2.75, 3.05) is 6.61 Å². The highest BCUT2D eigenvalue weighted by atomic mass is 16.6. The predicted octanol–water partition coefficient (Wildman–Crippen LogP) is 6.86. The molecule has 5 aromatic carbocycles. The van der Waals surface area contributed by atoms with E-state index in [0.717, 1.165) is 50.8 Å². The summed E-state index contributed by atoms with van der Waals surface area (Å²) in [5.74, 6) is 2.24. The number of benzene rings is 5. The van der Waals surface area contributed by atoms with E-state index >= 15 is 0 Å². The van der Waals surface area contributed by atoms with E-state index in [1.807, 2.05) is 6.07 Å². The van der Waals surface area contributed by atoms with Crippen LogP contribution in [0.1, 0.15) is 32.1 Å². The molecule has 0 bridgehead atoms. The van der Waals surface area contributed by atoms with E-state index < -0.39 is 7.12 Å². The van der Waals surface area contributed by atoms with Gasteiger partial charge in [-0.1, -0.05) is 98.8 Å². The standard InChI is InChI=1S/C33H30BNO3/c1-21(2)19-24-20-36-33(35-24)27-13-7-8-14-28(27)34-37-29-17-15-22-9-3-5-11-25(22)31(29)32-26-12-6-4-10-23(26)16-18-30(32)38-34/h3-18,21,24,33,35H,19-20H2,1-2H3/t24-,33+/m0/s1. The largest absolute Gasteiger partial charge is 0.633 e. The molecule has 0 aliphatic carbocycles. The van der Waals surface area contributed by atoms with Crippen LogP contribution >= 0.6 is 0 Å². The van der Waals surface area contributed by atoms with Gasteiger partial charge in [-0.05, 0) is 51.6 Å². The zero-order valence-electron chi connectivity index (χ0n) is 21.7. The summed E-state index contributed by atoms with van der Waals surface area (Å²) in [6.07, 6.45) is 0.883. The number of hydrogen-bond donors (Lipinski definition) is 1. The van der Waals surface area contributed by atoms with Crippen LogP contribution in [0.2, 0.25) is 0 Å². The quantitative estimate of drug-likeness (QED) is 0.274. The Morgan fingerprint density at radius 2 is 1.32 bits per heavy atom. The second-order valence-corrected chi connectivity index (χ2v) is 10.7. The minimum Gasteiger partial charge on any atom is -0.521 e. The lowest BCUT2D eigenvalue weighted by Crippen LogP contribution is -2.45. The van der Waals surface area contributed by atoms with Gasteiger partial charge in [0.15, 0.2) is 0 Å². The number of rotatable bonds is 4. The Morgan fingerprint density at radius 3 is 1.95 bits per heavy atom. The first-order valence-corrected chi connectivity index (χ1v) is 13.5. The van der Waals surface area contributed by atoms with E-state index in [1.165, 1.54) is 10.8 Å². The third-order valence-corrected chi connectivity index (χ3v) is 7.64. The second kappa shape index (κ2) is 9.50. The van der Waals surface area contributed by atoms with E-state index in [-0.39, 0.29) is 6.23 Å². The molecule has 4 nitrogen and oxygen atoms in total. The lowest BCUT2D eigenvalue weighted by atomic mass is 9.75. The van der Waals surface area contributed by atoms with Gasteiger partial charge in [-0.3, -0.25) is 5.32 Å². The summed E-state index contributed by atoms with van der Waals surface area (Å²) in [5, 5.41) is 8.33. The molecule has 0 amide bonds. The van der Waals surface area contributed by atoms with Crippen molar-refractivity contribution >= 4 is 34.1 Å². The van der Waals surface area contributed by atoms with Crippen molar-refractivity contribution in [3.8, 4) is 22.6 Å². The average Bonchev–Trinajstić information content (AvgIpc) is 3.32. The Hall–Kier alpha value is -3.80. The summed E-state index contributed by atoms with van der Waals surface area (Å²) in [7, 11) is -0.622. The van der Waals surface area contributed by atoms with Crippen LogP contribution in [0.25, 0.3) is 32.7 Å². The average molecular weight is 499 g/mol. The van der Waals surface area contributed by atoms with Crippen LogP contribution < -0.4 is 20.1 Å². The fourth-order valence-corrected chi connectivity index (χ4v) is 5.97. The third kappa shape index (κ3) is 4.03. The van der Waals surface area contributed by atoms with Gasteiger partial charge < -0.3 is 14.0 Å². The number of fused-ring (bicyclic) bond motifs is 7. The van der Waals surface area contributed by atoms with Gasteiger partial charge in [0.1, 0.15) is 17.7 Å². The Balaban J connectivity index is 1.38.